The van der Waals surface area contributed by atoms with E-state index in [9.17, 15) is 15.0 Å². The summed E-state index contributed by atoms with van der Waals surface area (Å²) in [4.78, 5) is 12.5. The fourth-order valence-electron chi connectivity index (χ4n) is 9.15. The maximum absolute atomic E-state index is 12.5. The molecule has 4 nitrogen and oxygen atoms in total. The number of aliphatic hydroxyl groups is 2. The van der Waals surface area contributed by atoms with Crippen LogP contribution in [0.1, 0.15) is 290 Å². The number of allylic oxidation sites excluding steroid dienone is 23. The second-order valence-electron chi connectivity index (χ2n) is 21.4. The fourth-order valence-corrected chi connectivity index (χ4v) is 9.15. The maximum Gasteiger partial charge on any atom is 0.220 e. The lowest BCUT2D eigenvalue weighted by atomic mass is 10.0. The molecule has 0 spiro atoms. The first-order valence-electron chi connectivity index (χ1n) is 32.5. The first-order chi connectivity index (χ1) is 38.2. The molecule has 2 atom stereocenters. The van der Waals surface area contributed by atoms with Crippen LogP contribution in [-0.2, 0) is 4.79 Å². The van der Waals surface area contributed by atoms with E-state index in [1.54, 1.807) is 6.08 Å². The molecule has 1 amide bonds. The number of unbranched alkanes of at least 4 members (excludes halogenated alkanes) is 29. The molecule has 2 unspecified atom stereocenters. The van der Waals surface area contributed by atoms with Gasteiger partial charge in [0.2, 0.25) is 5.91 Å². The minimum absolute atomic E-state index is 0.101. The van der Waals surface area contributed by atoms with Crippen molar-refractivity contribution in [3.05, 3.63) is 146 Å². The second-order valence-corrected chi connectivity index (χ2v) is 21.4. The number of hydrogen-bond donors (Lipinski definition) is 3. The Hall–Kier alpha value is -3.73. The molecule has 0 aliphatic heterocycles. The van der Waals surface area contributed by atoms with E-state index in [-0.39, 0.29) is 12.5 Å². The Kier molecular flexibility index (Phi) is 63.3. The van der Waals surface area contributed by atoms with E-state index in [4.69, 9.17) is 0 Å². The van der Waals surface area contributed by atoms with Gasteiger partial charge in [0.25, 0.3) is 0 Å². The van der Waals surface area contributed by atoms with Crippen molar-refractivity contribution in [1.82, 2.24) is 5.32 Å². The van der Waals surface area contributed by atoms with Gasteiger partial charge in [0, 0.05) is 6.42 Å². The Bertz CT molecular complexity index is 1580. The SMILES string of the molecule is CC/C=C\C/C=C\C/C=C\C/C=C\C/C=C\C/C=C\C/C=C\C/C=C\C/C=C\CCCCCCCC(=O)NC(CO)C(O)/C=C/CC/C=C/CC/C=C/CCCCCCCCCCCCCCCCCCCCCCCC. The summed E-state index contributed by atoms with van der Waals surface area (Å²) in [6.45, 7) is 4.18. The lowest BCUT2D eigenvalue weighted by molar-refractivity contribution is -0.123. The average Bonchev–Trinajstić information content (AvgIpc) is 3.43. The Morgan fingerprint density at radius 1 is 0.325 bits per heavy atom. The number of nitrogens with one attached hydrogen (secondary N) is 1. The first kappa shape index (κ1) is 73.3. The van der Waals surface area contributed by atoms with E-state index in [1.165, 1.54) is 154 Å². The van der Waals surface area contributed by atoms with Crippen LogP contribution in [0.25, 0.3) is 0 Å². The Morgan fingerprint density at radius 2 is 0.584 bits per heavy atom. The van der Waals surface area contributed by atoms with Crippen LogP contribution in [0.4, 0.5) is 0 Å². The van der Waals surface area contributed by atoms with Crippen molar-refractivity contribution in [2.45, 2.75) is 302 Å². The number of carbonyl (C=O) groups is 1. The number of rotatable bonds is 58. The highest BCUT2D eigenvalue weighted by molar-refractivity contribution is 5.76. The van der Waals surface area contributed by atoms with Gasteiger partial charge in [-0.1, -0.05) is 314 Å². The van der Waals surface area contributed by atoms with Crippen LogP contribution in [0, 0.1) is 0 Å². The molecule has 0 aromatic heterocycles. The molecule has 0 heterocycles. The van der Waals surface area contributed by atoms with Crippen molar-refractivity contribution in [2.24, 2.45) is 0 Å². The van der Waals surface area contributed by atoms with Gasteiger partial charge in [-0.25, -0.2) is 0 Å². The van der Waals surface area contributed by atoms with Gasteiger partial charge in [-0.3, -0.25) is 4.79 Å². The number of carbonyl (C=O) groups excluding carboxylic acids is 1. The molecule has 0 aliphatic rings. The Balaban J connectivity index is 3.65. The van der Waals surface area contributed by atoms with Crippen LogP contribution in [0.5, 0.6) is 0 Å². The summed E-state index contributed by atoms with van der Waals surface area (Å²) in [6.07, 6.45) is 105. The molecule has 0 aromatic rings. The molecular weight excluding hydrogens is 939 g/mol. The van der Waals surface area contributed by atoms with E-state index in [1.807, 2.05) is 6.08 Å². The molecule has 0 aliphatic carbocycles. The molecule has 438 valence electrons. The van der Waals surface area contributed by atoms with Crippen LogP contribution in [0.15, 0.2) is 146 Å². The van der Waals surface area contributed by atoms with Gasteiger partial charge in [-0.05, 0) is 116 Å². The minimum atomic E-state index is -0.892. The molecule has 0 rings (SSSR count). The van der Waals surface area contributed by atoms with E-state index in [0.717, 1.165) is 116 Å². The summed E-state index contributed by atoms with van der Waals surface area (Å²) < 4.78 is 0. The third kappa shape index (κ3) is 63.0. The average molecular weight is 1060 g/mol. The number of aliphatic hydroxyl groups excluding tert-OH is 2. The third-order valence-electron chi connectivity index (χ3n) is 14.0. The predicted octanol–water partition coefficient (Wildman–Crippen LogP) is 22.3. The summed E-state index contributed by atoms with van der Waals surface area (Å²) in [6, 6.07) is -0.670. The molecule has 4 heteroatoms. The van der Waals surface area contributed by atoms with Crippen LogP contribution in [0.3, 0.4) is 0 Å². The summed E-state index contributed by atoms with van der Waals surface area (Å²) in [5, 5.41) is 23.2. The normalized spacial score (nSPS) is 13.8. The monoisotopic (exact) mass is 1060 g/mol. The number of amides is 1. The highest BCUT2D eigenvalue weighted by Crippen LogP contribution is 2.16. The van der Waals surface area contributed by atoms with Gasteiger partial charge in [0.15, 0.2) is 0 Å². The molecule has 0 saturated heterocycles. The van der Waals surface area contributed by atoms with Crippen molar-refractivity contribution in [3.63, 3.8) is 0 Å². The molecular formula is C73H123NO3. The van der Waals surface area contributed by atoms with Crippen molar-refractivity contribution < 1.29 is 15.0 Å². The molecule has 3 N–H and O–H groups in total. The molecule has 77 heavy (non-hydrogen) atoms. The van der Waals surface area contributed by atoms with Gasteiger partial charge >= 0.3 is 0 Å². The largest absolute Gasteiger partial charge is 0.394 e. The summed E-state index contributed by atoms with van der Waals surface area (Å²) in [5.74, 6) is -0.101. The van der Waals surface area contributed by atoms with E-state index in [2.05, 4.69) is 153 Å². The lowest BCUT2D eigenvalue weighted by Crippen LogP contribution is -2.45. The van der Waals surface area contributed by atoms with Gasteiger partial charge in [-0.15, -0.1) is 0 Å². The van der Waals surface area contributed by atoms with Crippen LogP contribution in [0.2, 0.25) is 0 Å². The lowest BCUT2D eigenvalue weighted by Gasteiger charge is -2.19. The number of hydrogen-bond acceptors (Lipinski definition) is 3. The molecule has 0 radical (unpaired) electrons. The van der Waals surface area contributed by atoms with Gasteiger partial charge in [0.05, 0.1) is 18.8 Å². The smallest absolute Gasteiger partial charge is 0.220 e. The Labute approximate surface area is 478 Å². The molecule has 0 saturated carbocycles. The van der Waals surface area contributed by atoms with Crippen molar-refractivity contribution in [1.29, 1.82) is 0 Å². The second kappa shape index (κ2) is 66.5. The van der Waals surface area contributed by atoms with Gasteiger partial charge in [0.1, 0.15) is 0 Å². The van der Waals surface area contributed by atoms with E-state index in [0.29, 0.717) is 6.42 Å². The zero-order valence-electron chi connectivity index (χ0n) is 50.4. The van der Waals surface area contributed by atoms with Crippen molar-refractivity contribution in [2.75, 3.05) is 6.61 Å². The third-order valence-corrected chi connectivity index (χ3v) is 14.0. The van der Waals surface area contributed by atoms with Crippen LogP contribution in [-0.4, -0.2) is 34.9 Å². The maximum atomic E-state index is 12.5. The minimum Gasteiger partial charge on any atom is -0.394 e. The summed E-state index contributed by atoms with van der Waals surface area (Å²) in [7, 11) is 0. The first-order valence-corrected chi connectivity index (χ1v) is 32.5. The fraction of sp³-hybridized carbons (Fsp3) is 0.658. The van der Waals surface area contributed by atoms with E-state index < -0.39 is 12.1 Å². The molecule has 0 bridgehead atoms. The Morgan fingerprint density at radius 3 is 0.909 bits per heavy atom. The molecule has 0 fully saturated rings. The predicted molar refractivity (Wildman–Crippen MR) is 345 cm³/mol. The summed E-state index contributed by atoms with van der Waals surface area (Å²) >= 11 is 0. The molecule has 0 aromatic carbocycles. The zero-order chi connectivity index (χ0) is 55.5. The van der Waals surface area contributed by atoms with Gasteiger partial charge in [-0.2, -0.15) is 0 Å². The van der Waals surface area contributed by atoms with Crippen LogP contribution < -0.4 is 5.32 Å². The summed E-state index contributed by atoms with van der Waals surface area (Å²) in [5.41, 5.74) is 0. The highest BCUT2D eigenvalue weighted by atomic mass is 16.3. The zero-order valence-corrected chi connectivity index (χ0v) is 50.4. The van der Waals surface area contributed by atoms with Crippen molar-refractivity contribution >= 4 is 5.91 Å². The topological polar surface area (TPSA) is 69.6 Å². The highest BCUT2D eigenvalue weighted by Gasteiger charge is 2.18. The standard InChI is InChI=1S/C73H123NO3/c1-3-5-7-9-11-13-15-17-19-21-23-25-27-29-31-33-35-37-39-41-43-45-47-49-51-53-55-57-59-61-63-65-67-69-73(77)74-71(70-75)72(76)68-66-64-62-60-58-56-54-52-50-48-46-44-42-40-38-36-34-32-30-28-26-24-22-20-18-16-14-12-10-8-6-4-2/h5,7,11,13,17,19,23,25,29,31,35,37,41,43,47,49-50,52-53,55,58,60,66,68,71-72,75-76H,3-4,6,8-10,12,14-16,18,20-22,24,26-28,30,32-34,36,38-40,42,44-46,48,51,54,56-57,59,61-65,67,69-70H2,1-2H3,(H,74,77)/b7-5-,13-11-,19-17-,25-23-,31-29-,37-35-,43-41-,49-47-,52-50+,55-53-,60-58+,68-66+. The quantitative estimate of drug-likeness (QED) is 0.0420. The van der Waals surface area contributed by atoms with Crippen LogP contribution >= 0.6 is 0 Å². The van der Waals surface area contributed by atoms with E-state index >= 15 is 0 Å². The van der Waals surface area contributed by atoms with Gasteiger partial charge < -0.3 is 15.5 Å². The van der Waals surface area contributed by atoms with Crippen molar-refractivity contribution in [3.8, 4) is 0 Å².